The van der Waals surface area contributed by atoms with E-state index in [-0.39, 0.29) is 6.42 Å². The number of carboxylic acid groups (broad SMARTS) is 1. The summed E-state index contributed by atoms with van der Waals surface area (Å²) < 4.78 is 20.7. The molecule has 0 radical (unpaired) electrons. The summed E-state index contributed by atoms with van der Waals surface area (Å²) in [5.74, 6) is -1.12. The Labute approximate surface area is 65.9 Å². The van der Waals surface area contributed by atoms with Crippen molar-refractivity contribution in [2.24, 2.45) is 0 Å². The lowest BCUT2D eigenvalue weighted by Crippen LogP contribution is -1.92. The summed E-state index contributed by atoms with van der Waals surface area (Å²) >= 11 is 0. The SMILES string of the molecule is [2H]OC(=O)C([2H])([2H])CCC/C=C/C. The highest BCUT2D eigenvalue weighted by Crippen LogP contribution is 1.99. The van der Waals surface area contributed by atoms with Crippen LogP contribution in [0.3, 0.4) is 0 Å². The monoisotopic (exact) mass is 145 g/mol. The molecule has 0 saturated heterocycles. The zero-order chi connectivity index (χ0) is 10.3. The highest BCUT2D eigenvalue weighted by Gasteiger charge is 1.93. The van der Waals surface area contributed by atoms with E-state index in [1.807, 2.05) is 19.1 Å². The van der Waals surface area contributed by atoms with Crippen molar-refractivity contribution in [1.82, 2.24) is 0 Å². The third-order valence-corrected chi connectivity index (χ3v) is 1.05. The molecular formula is C8H14O2. The van der Waals surface area contributed by atoms with E-state index < -0.39 is 12.3 Å². The van der Waals surface area contributed by atoms with Crippen molar-refractivity contribution in [2.45, 2.75) is 32.6 Å². The number of carbonyl (C=O) groups is 1. The van der Waals surface area contributed by atoms with Crippen LogP contribution in [-0.2, 0) is 4.79 Å². The third kappa shape index (κ3) is 7.21. The van der Waals surface area contributed by atoms with Crippen LogP contribution < -0.4 is 0 Å². The van der Waals surface area contributed by atoms with Gasteiger partial charge in [-0.3, -0.25) is 4.79 Å². The molecule has 58 valence electrons. The Kier molecular flexibility index (Phi) is 3.13. The largest absolute Gasteiger partial charge is 0.481 e. The average Bonchev–Trinajstić information content (AvgIpc) is 2.11. The molecule has 1 N–H and O–H groups in total. The molecule has 0 aromatic heterocycles. The molecule has 0 rings (SSSR count). The highest BCUT2D eigenvalue weighted by molar-refractivity contribution is 5.66. The van der Waals surface area contributed by atoms with Gasteiger partial charge in [0.05, 0.1) is 0 Å². The van der Waals surface area contributed by atoms with Crippen LogP contribution in [0.5, 0.6) is 0 Å². The Balaban J connectivity index is 3.81. The van der Waals surface area contributed by atoms with Crippen LogP contribution in [0.1, 0.15) is 35.3 Å². The van der Waals surface area contributed by atoms with Crippen LogP contribution in [0.4, 0.5) is 0 Å². The van der Waals surface area contributed by atoms with Crippen molar-refractivity contribution in [3.63, 3.8) is 0 Å². The normalized spacial score (nSPS) is 15.9. The van der Waals surface area contributed by atoms with E-state index in [9.17, 15) is 4.79 Å². The van der Waals surface area contributed by atoms with Crippen LogP contribution in [0, 0.1) is 0 Å². The van der Waals surface area contributed by atoms with Crippen molar-refractivity contribution in [3.8, 4) is 0 Å². The summed E-state index contributed by atoms with van der Waals surface area (Å²) in [5.41, 5.74) is 0. The standard InChI is InChI=1S/C8H14O2/c1-2-3-4-5-6-7-8(9)10/h2-3H,4-7H2,1H3,(H,9,10)/b3-2+/i7D2/hD. The molecule has 0 aliphatic carbocycles. The van der Waals surface area contributed by atoms with Gasteiger partial charge in [0, 0.05) is 9.11 Å². The molecule has 0 aromatic carbocycles. The van der Waals surface area contributed by atoms with Gasteiger partial charge in [0.2, 0.25) is 0 Å². The second-order valence-corrected chi connectivity index (χ2v) is 1.93. The minimum Gasteiger partial charge on any atom is -0.481 e. The van der Waals surface area contributed by atoms with Crippen LogP contribution in [0.25, 0.3) is 1.43 Å². The Morgan fingerprint density at radius 2 is 2.60 bits per heavy atom. The first-order valence-electron chi connectivity index (χ1n) is 4.74. The summed E-state index contributed by atoms with van der Waals surface area (Å²) in [5, 5.41) is 3.59. The average molecular weight is 145 g/mol. The molecule has 2 heteroatoms. The quantitative estimate of drug-likeness (QED) is 0.475. The molecular weight excluding hydrogens is 128 g/mol. The molecule has 0 bridgehead atoms. The van der Waals surface area contributed by atoms with Gasteiger partial charge in [-0.15, -0.1) is 0 Å². The minimum atomic E-state index is -2.02. The van der Waals surface area contributed by atoms with E-state index in [1.54, 1.807) is 0 Å². The lowest BCUT2D eigenvalue weighted by Gasteiger charge is -1.91. The summed E-state index contributed by atoms with van der Waals surface area (Å²) in [6.07, 6.45) is 3.16. The van der Waals surface area contributed by atoms with Gasteiger partial charge in [-0.2, -0.15) is 0 Å². The summed E-state index contributed by atoms with van der Waals surface area (Å²) in [6.45, 7) is 1.88. The van der Waals surface area contributed by atoms with E-state index in [0.29, 0.717) is 6.42 Å². The second-order valence-electron chi connectivity index (χ2n) is 1.93. The number of carboxylic acids is 1. The van der Waals surface area contributed by atoms with E-state index >= 15 is 0 Å². The number of allylic oxidation sites excluding steroid dienone is 2. The summed E-state index contributed by atoms with van der Waals surface area (Å²) in [6, 6.07) is 0. The highest BCUT2D eigenvalue weighted by atomic mass is 16.4. The maximum Gasteiger partial charge on any atom is 0.303 e. The number of hydrogen-bond donors (Lipinski definition) is 1. The van der Waals surface area contributed by atoms with Gasteiger partial charge in [-0.05, 0) is 26.2 Å². The van der Waals surface area contributed by atoms with E-state index in [4.69, 9.17) is 4.17 Å². The summed E-state index contributed by atoms with van der Waals surface area (Å²) in [4.78, 5) is 10.7. The van der Waals surface area contributed by atoms with Crippen LogP contribution in [0.15, 0.2) is 12.2 Å². The van der Waals surface area contributed by atoms with Crippen molar-refractivity contribution in [2.75, 3.05) is 0 Å². The molecule has 0 unspecified atom stereocenters. The molecule has 0 saturated carbocycles. The molecule has 0 heterocycles. The van der Waals surface area contributed by atoms with Crippen molar-refractivity contribution in [1.29, 1.82) is 1.43 Å². The molecule has 2 nitrogen and oxygen atoms in total. The smallest absolute Gasteiger partial charge is 0.303 e. The zero-order valence-corrected chi connectivity index (χ0v) is 6.09. The van der Waals surface area contributed by atoms with Crippen molar-refractivity contribution < 1.29 is 12.6 Å². The van der Waals surface area contributed by atoms with Crippen molar-refractivity contribution in [3.05, 3.63) is 12.2 Å². The Hall–Kier alpha value is -0.790. The molecule has 0 aliphatic heterocycles. The lowest BCUT2D eigenvalue weighted by atomic mass is 10.2. The Morgan fingerprint density at radius 1 is 1.80 bits per heavy atom. The van der Waals surface area contributed by atoms with E-state index in [2.05, 4.69) is 5.11 Å². The first-order valence-corrected chi connectivity index (χ1v) is 3.33. The summed E-state index contributed by atoms with van der Waals surface area (Å²) in [7, 11) is 0. The third-order valence-electron chi connectivity index (χ3n) is 1.05. The number of hydrogen-bond acceptors (Lipinski definition) is 2. The van der Waals surface area contributed by atoms with E-state index in [0.717, 1.165) is 6.42 Å². The Bertz CT molecular complexity index is 190. The Morgan fingerprint density at radius 3 is 3.20 bits per heavy atom. The van der Waals surface area contributed by atoms with Crippen LogP contribution >= 0.6 is 0 Å². The lowest BCUT2D eigenvalue weighted by molar-refractivity contribution is -0.137. The molecule has 0 aliphatic rings. The molecule has 0 atom stereocenters. The molecule has 0 spiro atoms. The molecule has 10 heavy (non-hydrogen) atoms. The second kappa shape index (κ2) is 6.33. The zero-order valence-electron chi connectivity index (χ0n) is 9.09. The molecule has 0 aromatic rings. The molecule has 0 amide bonds. The predicted octanol–water partition coefficient (Wildman–Crippen LogP) is 2.21. The maximum atomic E-state index is 10.7. The topological polar surface area (TPSA) is 37.3 Å². The fraction of sp³-hybridized carbons (Fsp3) is 0.625. The van der Waals surface area contributed by atoms with Gasteiger partial charge < -0.3 is 5.11 Å². The first kappa shape index (κ1) is 4.94. The first-order chi connectivity index (χ1) is 6.04. The van der Waals surface area contributed by atoms with Gasteiger partial charge in [-0.25, -0.2) is 0 Å². The molecule has 0 fully saturated rings. The number of aliphatic carboxylic acids is 1. The van der Waals surface area contributed by atoms with E-state index in [1.165, 1.54) is 0 Å². The van der Waals surface area contributed by atoms with Crippen LogP contribution in [-0.4, -0.2) is 11.1 Å². The predicted molar refractivity (Wildman–Crippen MR) is 40.9 cm³/mol. The number of rotatable bonds is 5. The minimum absolute atomic E-state index is 0.0923. The maximum absolute atomic E-state index is 10.7. The van der Waals surface area contributed by atoms with Gasteiger partial charge in [0.25, 0.3) is 1.43 Å². The van der Waals surface area contributed by atoms with Crippen LogP contribution in [0.2, 0.25) is 0 Å². The fourth-order valence-corrected chi connectivity index (χ4v) is 0.577. The fourth-order valence-electron chi connectivity index (χ4n) is 0.577. The van der Waals surface area contributed by atoms with Gasteiger partial charge in [0.15, 0.2) is 0 Å². The number of unbranched alkanes of at least 4 members (excludes halogenated alkanes) is 1. The van der Waals surface area contributed by atoms with Crippen molar-refractivity contribution >= 4 is 5.97 Å². The van der Waals surface area contributed by atoms with Gasteiger partial charge >= 0.3 is 5.97 Å². The van der Waals surface area contributed by atoms with Gasteiger partial charge in [0.1, 0.15) is 0 Å². The van der Waals surface area contributed by atoms with Gasteiger partial charge in [-0.1, -0.05) is 12.2 Å².